The molecule has 1 N–H and O–H groups in total. The maximum Gasteiger partial charge on any atom is 0.269 e. The molecule has 0 aromatic heterocycles. The molecule has 0 aliphatic heterocycles. The van der Waals surface area contributed by atoms with Gasteiger partial charge in [0.25, 0.3) is 11.6 Å². The van der Waals surface area contributed by atoms with Crippen molar-refractivity contribution in [1.82, 2.24) is 5.32 Å². The smallest absolute Gasteiger partial charge is 0.269 e. The number of nitro benzene ring substituents is 1. The monoisotopic (exact) mass is 294 g/mol. The van der Waals surface area contributed by atoms with E-state index in [-0.39, 0.29) is 24.2 Å². The fourth-order valence-corrected chi connectivity index (χ4v) is 1.90. The topological polar surface area (TPSA) is 81.5 Å². The molecule has 21 heavy (non-hydrogen) atoms. The summed E-state index contributed by atoms with van der Waals surface area (Å²) in [6.07, 6.45) is 4.38. The normalized spacial score (nSPS) is 11.7. The molecule has 0 aliphatic rings. The van der Waals surface area contributed by atoms with Crippen molar-refractivity contribution in [2.45, 2.75) is 45.6 Å². The Hall–Kier alpha value is -2.11. The highest BCUT2D eigenvalue weighted by atomic mass is 16.6. The fraction of sp³-hybridized carbons (Fsp3) is 0.533. The quantitative estimate of drug-likeness (QED) is 0.431. The first kappa shape index (κ1) is 16.9. The first-order chi connectivity index (χ1) is 10.0. The van der Waals surface area contributed by atoms with Crippen molar-refractivity contribution >= 4 is 11.6 Å². The molecule has 0 bridgehead atoms. The van der Waals surface area contributed by atoms with E-state index in [4.69, 9.17) is 4.74 Å². The molecule has 0 spiro atoms. The summed E-state index contributed by atoms with van der Waals surface area (Å²) >= 11 is 0. The molecule has 0 aliphatic carbocycles. The number of ether oxygens (including phenoxy) is 1. The van der Waals surface area contributed by atoms with Crippen molar-refractivity contribution < 1.29 is 14.5 Å². The van der Waals surface area contributed by atoms with Crippen LogP contribution in [0.5, 0.6) is 5.75 Å². The molecular formula is C15H22N2O4. The van der Waals surface area contributed by atoms with Crippen LogP contribution in [0.2, 0.25) is 0 Å². The average Bonchev–Trinajstić information content (AvgIpc) is 2.46. The molecule has 1 rings (SSSR count). The summed E-state index contributed by atoms with van der Waals surface area (Å²) in [5.74, 6) is 0.256. The Labute approximate surface area is 124 Å². The third kappa shape index (κ3) is 6.74. The second kappa shape index (κ2) is 8.94. The van der Waals surface area contributed by atoms with Crippen LogP contribution in [0.1, 0.15) is 39.5 Å². The summed E-state index contributed by atoms with van der Waals surface area (Å²) in [4.78, 5) is 21.7. The minimum atomic E-state index is -0.478. The molecule has 6 nitrogen and oxygen atoms in total. The number of carbonyl (C=O) groups is 1. The molecule has 0 saturated heterocycles. The van der Waals surface area contributed by atoms with E-state index in [2.05, 4.69) is 12.2 Å². The lowest BCUT2D eigenvalue weighted by molar-refractivity contribution is -0.384. The van der Waals surface area contributed by atoms with Crippen LogP contribution in [0.15, 0.2) is 24.3 Å². The highest BCUT2D eigenvalue weighted by Gasteiger charge is 2.09. The lowest BCUT2D eigenvalue weighted by Gasteiger charge is -2.14. The van der Waals surface area contributed by atoms with Crippen LogP contribution in [0.3, 0.4) is 0 Å². The number of non-ortho nitro benzene ring substituents is 1. The summed E-state index contributed by atoms with van der Waals surface area (Å²) in [6.45, 7) is 4.02. The summed E-state index contributed by atoms with van der Waals surface area (Å²) < 4.78 is 5.29. The highest BCUT2D eigenvalue weighted by Crippen LogP contribution is 2.17. The maximum absolute atomic E-state index is 11.7. The average molecular weight is 294 g/mol. The van der Waals surface area contributed by atoms with Gasteiger partial charge in [-0.05, 0) is 25.5 Å². The van der Waals surface area contributed by atoms with Crippen LogP contribution in [-0.4, -0.2) is 23.5 Å². The van der Waals surface area contributed by atoms with Gasteiger partial charge in [0.05, 0.1) is 4.92 Å². The van der Waals surface area contributed by atoms with Crippen LogP contribution >= 0.6 is 0 Å². The van der Waals surface area contributed by atoms with Crippen LogP contribution in [0, 0.1) is 10.1 Å². The number of nitrogens with zero attached hydrogens (tertiary/aromatic N) is 1. The Morgan fingerprint density at radius 2 is 2.00 bits per heavy atom. The van der Waals surface area contributed by atoms with E-state index in [1.807, 2.05) is 6.92 Å². The Bertz CT molecular complexity index is 459. The molecule has 0 heterocycles. The molecule has 1 amide bonds. The minimum absolute atomic E-state index is 0.00338. The summed E-state index contributed by atoms with van der Waals surface area (Å²) in [5, 5.41) is 13.4. The van der Waals surface area contributed by atoms with Gasteiger partial charge < -0.3 is 10.1 Å². The summed E-state index contributed by atoms with van der Waals surface area (Å²) in [6, 6.07) is 5.79. The van der Waals surface area contributed by atoms with Gasteiger partial charge in [-0.25, -0.2) is 0 Å². The lowest BCUT2D eigenvalue weighted by Crippen LogP contribution is -2.36. The van der Waals surface area contributed by atoms with Gasteiger partial charge in [-0.15, -0.1) is 0 Å². The second-order valence-electron chi connectivity index (χ2n) is 5.00. The van der Waals surface area contributed by atoms with E-state index < -0.39 is 4.92 Å². The van der Waals surface area contributed by atoms with E-state index in [1.54, 1.807) is 0 Å². The van der Waals surface area contributed by atoms with E-state index in [9.17, 15) is 14.9 Å². The first-order valence-corrected chi connectivity index (χ1v) is 7.19. The molecule has 0 radical (unpaired) electrons. The van der Waals surface area contributed by atoms with Gasteiger partial charge in [0.1, 0.15) is 5.75 Å². The molecule has 6 heteroatoms. The molecular weight excluding hydrogens is 272 g/mol. The number of nitro groups is 1. The van der Waals surface area contributed by atoms with Gasteiger partial charge in [-0.1, -0.05) is 26.2 Å². The zero-order valence-electron chi connectivity index (χ0n) is 12.5. The van der Waals surface area contributed by atoms with E-state index >= 15 is 0 Å². The third-order valence-electron chi connectivity index (χ3n) is 3.07. The van der Waals surface area contributed by atoms with Crippen molar-refractivity contribution in [2.75, 3.05) is 6.61 Å². The van der Waals surface area contributed by atoms with E-state index in [0.29, 0.717) is 5.75 Å². The SMILES string of the molecule is CCCCCC(C)NC(=O)COc1ccc([N+](=O)[O-])cc1. The van der Waals surface area contributed by atoms with Crippen LogP contribution in [0.4, 0.5) is 5.69 Å². The van der Waals surface area contributed by atoms with Gasteiger partial charge in [-0.2, -0.15) is 0 Å². The predicted octanol–water partition coefficient (Wildman–Crippen LogP) is 3.06. The Balaban J connectivity index is 2.30. The Morgan fingerprint density at radius 3 is 2.57 bits per heavy atom. The van der Waals surface area contributed by atoms with Gasteiger partial charge in [0.15, 0.2) is 6.61 Å². The molecule has 0 fully saturated rings. The largest absolute Gasteiger partial charge is 0.484 e. The van der Waals surface area contributed by atoms with Crippen LogP contribution in [-0.2, 0) is 4.79 Å². The molecule has 1 atom stereocenters. The number of rotatable bonds is 9. The van der Waals surface area contributed by atoms with Crippen molar-refractivity contribution in [3.8, 4) is 5.75 Å². The van der Waals surface area contributed by atoms with Gasteiger partial charge >= 0.3 is 0 Å². The van der Waals surface area contributed by atoms with Crippen LogP contribution in [0.25, 0.3) is 0 Å². The van der Waals surface area contributed by atoms with Crippen LogP contribution < -0.4 is 10.1 Å². The minimum Gasteiger partial charge on any atom is -0.484 e. The maximum atomic E-state index is 11.7. The van der Waals surface area contributed by atoms with Gasteiger partial charge in [0, 0.05) is 18.2 Å². The number of nitrogens with one attached hydrogen (secondary N) is 1. The Kier molecular flexibility index (Phi) is 7.21. The van der Waals surface area contributed by atoms with Crippen molar-refractivity contribution in [3.05, 3.63) is 34.4 Å². The van der Waals surface area contributed by atoms with Crippen molar-refractivity contribution in [2.24, 2.45) is 0 Å². The number of benzene rings is 1. The molecule has 1 aromatic rings. The number of hydrogen-bond acceptors (Lipinski definition) is 4. The second-order valence-corrected chi connectivity index (χ2v) is 5.00. The van der Waals surface area contributed by atoms with Crippen molar-refractivity contribution in [1.29, 1.82) is 0 Å². The molecule has 1 aromatic carbocycles. The zero-order chi connectivity index (χ0) is 15.7. The van der Waals surface area contributed by atoms with E-state index in [0.717, 1.165) is 19.3 Å². The standard InChI is InChI=1S/C15H22N2O4/c1-3-4-5-6-12(2)16-15(18)11-21-14-9-7-13(8-10-14)17(19)20/h7-10,12H,3-6,11H2,1-2H3,(H,16,18). The number of hydrogen-bond donors (Lipinski definition) is 1. The predicted molar refractivity (Wildman–Crippen MR) is 80.3 cm³/mol. The summed E-state index contributed by atoms with van der Waals surface area (Å²) in [7, 11) is 0. The fourth-order valence-electron chi connectivity index (χ4n) is 1.90. The number of unbranched alkanes of at least 4 members (excludes halogenated alkanes) is 2. The molecule has 0 saturated carbocycles. The van der Waals surface area contributed by atoms with Gasteiger partial charge in [0.2, 0.25) is 0 Å². The zero-order valence-corrected chi connectivity index (χ0v) is 12.5. The Morgan fingerprint density at radius 1 is 1.33 bits per heavy atom. The lowest BCUT2D eigenvalue weighted by atomic mass is 10.1. The third-order valence-corrected chi connectivity index (χ3v) is 3.07. The molecule has 1 unspecified atom stereocenters. The summed E-state index contributed by atoms with van der Waals surface area (Å²) in [5.41, 5.74) is -0.00338. The van der Waals surface area contributed by atoms with Gasteiger partial charge in [-0.3, -0.25) is 14.9 Å². The molecule has 116 valence electrons. The number of amides is 1. The first-order valence-electron chi connectivity index (χ1n) is 7.19. The van der Waals surface area contributed by atoms with Crippen molar-refractivity contribution in [3.63, 3.8) is 0 Å². The van der Waals surface area contributed by atoms with E-state index in [1.165, 1.54) is 30.7 Å². The number of carbonyl (C=O) groups excluding carboxylic acids is 1. The highest BCUT2D eigenvalue weighted by molar-refractivity contribution is 5.77.